The summed E-state index contributed by atoms with van der Waals surface area (Å²) in [6, 6.07) is 19.4. The summed E-state index contributed by atoms with van der Waals surface area (Å²) in [4.78, 5) is 3.42. The Bertz CT molecular complexity index is 1010. The van der Waals surface area contributed by atoms with Crippen molar-refractivity contribution in [3.05, 3.63) is 107 Å². The van der Waals surface area contributed by atoms with Crippen LogP contribution in [0.5, 0.6) is 0 Å². The van der Waals surface area contributed by atoms with Gasteiger partial charge < -0.3 is 4.98 Å². The largest absolute Gasteiger partial charge is 0.361 e. The first-order valence-electron chi connectivity index (χ1n) is 8.76. The standard InChI is InChI=1S/C23H19F2NS/c1-27-14-17-3-2-4-20-21(13-26-23(17)20)22(15-5-9-18(24)10-6-15)16-7-11-19(25)12-8-16/h2-13,22,26H,14H2,1H3. The average molecular weight is 379 g/mol. The Morgan fingerprint density at radius 2 is 1.44 bits per heavy atom. The van der Waals surface area contributed by atoms with Gasteiger partial charge in [0.1, 0.15) is 11.6 Å². The smallest absolute Gasteiger partial charge is 0.123 e. The van der Waals surface area contributed by atoms with Gasteiger partial charge in [-0.3, -0.25) is 0 Å². The van der Waals surface area contributed by atoms with Crippen LogP contribution < -0.4 is 0 Å². The van der Waals surface area contributed by atoms with Crippen molar-refractivity contribution in [3.63, 3.8) is 0 Å². The average Bonchev–Trinajstić information content (AvgIpc) is 3.10. The molecule has 0 spiro atoms. The SMILES string of the molecule is CSCc1cccc2c(C(c3ccc(F)cc3)c3ccc(F)cc3)c[nH]c12. The van der Waals surface area contributed by atoms with E-state index in [9.17, 15) is 8.78 Å². The van der Waals surface area contributed by atoms with Crippen LogP contribution >= 0.6 is 11.8 Å². The number of fused-ring (bicyclic) bond motifs is 1. The number of aromatic amines is 1. The number of nitrogens with one attached hydrogen (secondary N) is 1. The minimum Gasteiger partial charge on any atom is -0.361 e. The Kier molecular flexibility index (Phi) is 4.99. The van der Waals surface area contributed by atoms with E-state index in [1.54, 1.807) is 36.0 Å². The Morgan fingerprint density at radius 1 is 0.852 bits per heavy atom. The topological polar surface area (TPSA) is 15.8 Å². The van der Waals surface area contributed by atoms with Gasteiger partial charge >= 0.3 is 0 Å². The van der Waals surface area contributed by atoms with Crippen molar-refractivity contribution in [2.75, 3.05) is 6.26 Å². The molecule has 0 fully saturated rings. The van der Waals surface area contributed by atoms with Gasteiger partial charge in [-0.25, -0.2) is 8.78 Å². The second-order valence-corrected chi connectivity index (χ2v) is 7.42. The Labute approximate surface area is 161 Å². The summed E-state index contributed by atoms with van der Waals surface area (Å²) < 4.78 is 27.0. The van der Waals surface area contributed by atoms with Crippen LogP contribution in [0.15, 0.2) is 72.9 Å². The predicted octanol–water partition coefficient (Wildman–Crippen LogP) is 6.49. The van der Waals surface area contributed by atoms with Crippen LogP contribution in [0.4, 0.5) is 8.78 Å². The molecule has 1 aromatic heterocycles. The van der Waals surface area contributed by atoms with Crippen molar-refractivity contribution in [1.82, 2.24) is 4.98 Å². The number of hydrogen-bond acceptors (Lipinski definition) is 1. The molecule has 1 nitrogen and oxygen atoms in total. The third-order valence-corrected chi connectivity index (χ3v) is 5.45. The van der Waals surface area contributed by atoms with Gasteiger partial charge in [0.2, 0.25) is 0 Å². The summed E-state index contributed by atoms with van der Waals surface area (Å²) in [5, 5.41) is 1.14. The maximum atomic E-state index is 13.5. The second-order valence-electron chi connectivity index (χ2n) is 6.55. The highest BCUT2D eigenvalue weighted by Gasteiger charge is 2.21. The monoisotopic (exact) mass is 379 g/mol. The fourth-order valence-corrected chi connectivity index (χ4v) is 4.17. The molecule has 3 aromatic carbocycles. The molecule has 0 unspecified atom stereocenters. The van der Waals surface area contributed by atoms with Gasteiger partial charge in [0, 0.05) is 28.8 Å². The van der Waals surface area contributed by atoms with E-state index in [1.807, 2.05) is 6.20 Å². The number of benzene rings is 3. The van der Waals surface area contributed by atoms with Crippen LogP contribution in [-0.2, 0) is 5.75 Å². The number of thioether (sulfide) groups is 1. The van der Waals surface area contributed by atoms with Gasteiger partial charge in [-0.15, -0.1) is 0 Å². The molecule has 0 aliphatic carbocycles. The summed E-state index contributed by atoms with van der Waals surface area (Å²) in [6.45, 7) is 0. The van der Waals surface area contributed by atoms with Crippen molar-refractivity contribution < 1.29 is 8.78 Å². The normalized spacial score (nSPS) is 11.4. The molecule has 27 heavy (non-hydrogen) atoms. The first-order chi connectivity index (χ1) is 13.2. The lowest BCUT2D eigenvalue weighted by atomic mass is 9.85. The van der Waals surface area contributed by atoms with Gasteiger partial charge in [0.25, 0.3) is 0 Å². The lowest BCUT2D eigenvalue weighted by Crippen LogP contribution is -2.03. The minimum atomic E-state index is -0.266. The Morgan fingerprint density at radius 3 is 2.00 bits per heavy atom. The number of aromatic nitrogens is 1. The lowest BCUT2D eigenvalue weighted by Gasteiger charge is -2.18. The number of H-pyrrole nitrogens is 1. The Balaban J connectivity index is 1.91. The molecule has 4 rings (SSSR count). The zero-order chi connectivity index (χ0) is 18.8. The number of halogens is 2. The molecule has 0 amide bonds. The third kappa shape index (κ3) is 3.50. The molecular formula is C23H19F2NS. The highest BCUT2D eigenvalue weighted by Crippen LogP contribution is 2.37. The van der Waals surface area contributed by atoms with Crippen LogP contribution in [0.2, 0.25) is 0 Å². The zero-order valence-corrected chi connectivity index (χ0v) is 15.7. The zero-order valence-electron chi connectivity index (χ0n) is 14.9. The quantitative estimate of drug-likeness (QED) is 0.419. The van der Waals surface area contributed by atoms with E-state index in [-0.39, 0.29) is 17.6 Å². The van der Waals surface area contributed by atoms with Crippen molar-refractivity contribution in [3.8, 4) is 0 Å². The molecule has 0 aliphatic rings. The van der Waals surface area contributed by atoms with Crippen LogP contribution in [0.25, 0.3) is 10.9 Å². The van der Waals surface area contributed by atoms with Crippen LogP contribution in [-0.4, -0.2) is 11.2 Å². The number of para-hydroxylation sites is 1. The molecule has 1 N–H and O–H groups in total. The van der Waals surface area contributed by atoms with E-state index in [2.05, 4.69) is 29.4 Å². The first-order valence-corrected chi connectivity index (χ1v) is 10.2. The van der Waals surface area contributed by atoms with Crippen LogP contribution in [0, 0.1) is 11.6 Å². The van der Waals surface area contributed by atoms with E-state index >= 15 is 0 Å². The predicted molar refractivity (Wildman–Crippen MR) is 109 cm³/mol. The van der Waals surface area contributed by atoms with Crippen molar-refractivity contribution in [2.45, 2.75) is 11.7 Å². The van der Waals surface area contributed by atoms with Gasteiger partial charge in [-0.05, 0) is 52.8 Å². The highest BCUT2D eigenvalue weighted by molar-refractivity contribution is 7.97. The molecule has 0 bridgehead atoms. The van der Waals surface area contributed by atoms with E-state index < -0.39 is 0 Å². The minimum absolute atomic E-state index is 0.107. The molecule has 1 heterocycles. The summed E-state index contributed by atoms with van der Waals surface area (Å²) in [5.41, 5.74) is 5.42. The summed E-state index contributed by atoms with van der Waals surface area (Å²) in [6.07, 6.45) is 4.11. The first kappa shape index (κ1) is 17.8. The fourth-order valence-electron chi connectivity index (χ4n) is 3.62. The van der Waals surface area contributed by atoms with E-state index in [4.69, 9.17) is 0 Å². The number of rotatable bonds is 5. The highest BCUT2D eigenvalue weighted by atomic mass is 32.2. The van der Waals surface area contributed by atoms with Crippen LogP contribution in [0.1, 0.15) is 28.2 Å². The second kappa shape index (κ2) is 7.57. The maximum Gasteiger partial charge on any atom is 0.123 e. The summed E-state index contributed by atoms with van der Waals surface area (Å²) in [7, 11) is 0. The molecule has 136 valence electrons. The fraction of sp³-hybridized carbons (Fsp3) is 0.130. The van der Waals surface area contributed by atoms with Gasteiger partial charge in [-0.1, -0.05) is 42.5 Å². The van der Waals surface area contributed by atoms with Gasteiger partial charge in [-0.2, -0.15) is 11.8 Å². The maximum absolute atomic E-state index is 13.5. The molecule has 0 radical (unpaired) electrons. The molecule has 0 atom stereocenters. The third-order valence-electron chi connectivity index (χ3n) is 4.85. The van der Waals surface area contributed by atoms with E-state index in [0.29, 0.717) is 0 Å². The molecule has 4 aromatic rings. The van der Waals surface area contributed by atoms with Gasteiger partial charge in [0.15, 0.2) is 0 Å². The van der Waals surface area contributed by atoms with Crippen molar-refractivity contribution >= 4 is 22.7 Å². The van der Waals surface area contributed by atoms with Crippen molar-refractivity contribution in [1.29, 1.82) is 0 Å². The van der Waals surface area contributed by atoms with E-state index in [1.165, 1.54) is 29.8 Å². The molecular weight excluding hydrogens is 360 g/mol. The summed E-state index contributed by atoms with van der Waals surface area (Å²) >= 11 is 1.78. The summed E-state index contributed by atoms with van der Waals surface area (Å²) in [5.74, 6) is 0.287. The van der Waals surface area contributed by atoms with Gasteiger partial charge in [0.05, 0.1) is 0 Å². The molecule has 0 saturated carbocycles. The Hall–Kier alpha value is -2.59. The van der Waals surface area contributed by atoms with E-state index in [0.717, 1.165) is 33.3 Å². The van der Waals surface area contributed by atoms with Crippen LogP contribution in [0.3, 0.4) is 0 Å². The molecule has 0 saturated heterocycles. The van der Waals surface area contributed by atoms with Crippen molar-refractivity contribution in [2.24, 2.45) is 0 Å². The lowest BCUT2D eigenvalue weighted by molar-refractivity contribution is 0.626. The molecule has 0 aliphatic heterocycles. The molecule has 4 heteroatoms. The number of hydrogen-bond donors (Lipinski definition) is 1.